The monoisotopic (exact) mass is 280 g/mol. The molecule has 2 aliphatic carbocycles. The number of rotatable bonds is 4. The molecule has 2 N–H and O–H groups in total. The topological polar surface area (TPSA) is 48.1 Å². The van der Waals surface area contributed by atoms with E-state index in [1.165, 1.54) is 28.4 Å². The summed E-state index contributed by atoms with van der Waals surface area (Å²) in [5, 5.41) is 1.17. The van der Waals surface area contributed by atoms with E-state index in [0.29, 0.717) is 5.92 Å². The molecule has 3 rings (SSSR count). The molecule has 0 spiro atoms. The zero-order valence-electron chi connectivity index (χ0n) is 12.1. The Morgan fingerprint density at radius 2 is 2.21 bits per heavy atom. The Hall–Kier alpha value is -0.450. The minimum Gasteiger partial charge on any atom is -0.371 e. The molecule has 2 aliphatic rings. The summed E-state index contributed by atoms with van der Waals surface area (Å²) in [4.78, 5) is 6.20. The Balaban J connectivity index is 1.89. The Morgan fingerprint density at radius 3 is 2.84 bits per heavy atom. The van der Waals surface area contributed by atoms with Gasteiger partial charge in [-0.2, -0.15) is 0 Å². The number of fused-ring (bicyclic) bond motifs is 1. The number of nitrogens with two attached hydrogens (primary N) is 1. The van der Waals surface area contributed by atoms with Gasteiger partial charge in [0.1, 0.15) is 11.1 Å². The van der Waals surface area contributed by atoms with Crippen LogP contribution in [0.4, 0.5) is 0 Å². The van der Waals surface area contributed by atoms with E-state index >= 15 is 0 Å². The van der Waals surface area contributed by atoms with Gasteiger partial charge in [0.15, 0.2) is 0 Å². The van der Waals surface area contributed by atoms with Crippen molar-refractivity contribution in [2.75, 3.05) is 6.61 Å². The van der Waals surface area contributed by atoms with E-state index in [-0.39, 0.29) is 17.6 Å². The van der Waals surface area contributed by atoms with Gasteiger partial charge < -0.3 is 10.5 Å². The molecule has 1 aromatic rings. The Bertz CT molecular complexity index is 465. The van der Waals surface area contributed by atoms with Gasteiger partial charge >= 0.3 is 0 Å². The second-order valence-electron chi connectivity index (χ2n) is 6.73. The number of thiazole rings is 1. The fraction of sp³-hybridized carbons (Fsp3) is 0.800. The first-order valence-electron chi connectivity index (χ1n) is 7.37. The van der Waals surface area contributed by atoms with Crippen LogP contribution in [0.2, 0.25) is 0 Å². The third-order valence-electron chi connectivity index (χ3n) is 4.14. The van der Waals surface area contributed by atoms with E-state index in [9.17, 15) is 0 Å². The zero-order chi connectivity index (χ0) is 13.6. The minimum atomic E-state index is 0.159. The lowest BCUT2D eigenvalue weighted by atomic mass is 9.77. The summed E-state index contributed by atoms with van der Waals surface area (Å²) in [6, 6.07) is 0.159. The molecule has 19 heavy (non-hydrogen) atoms. The molecule has 0 aromatic carbocycles. The highest BCUT2D eigenvalue weighted by Gasteiger charge is 2.38. The molecule has 3 nitrogen and oxygen atoms in total. The van der Waals surface area contributed by atoms with Crippen LogP contribution in [0.25, 0.3) is 0 Å². The molecular weight excluding hydrogens is 256 g/mol. The maximum Gasteiger partial charge on any atom is 0.122 e. The van der Waals surface area contributed by atoms with Crippen molar-refractivity contribution in [2.45, 2.75) is 58.6 Å². The molecule has 4 heteroatoms. The number of nitrogens with zero attached hydrogens (tertiary/aromatic N) is 1. The first-order chi connectivity index (χ1) is 9.00. The minimum absolute atomic E-state index is 0.159. The Kier molecular flexibility index (Phi) is 3.44. The van der Waals surface area contributed by atoms with Crippen molar-refractivity contribution < 1.29 is 4.74 Å². The third kappa shape index (κ3) is 2.71. The van der Waals surface area contributed by atoms with Gasteiger partial charge in [0, 0.05) is 17.5 Å². The molecule has 1 heterocycles. The van der Waals surface area contributed by atoms with Crippen molar-refractivity contribution in [3.63, 3.8) is 0 Å². The summed E-state index contributed by atoms with van der Waals surface area (Å²) in [6.07, 6.45) is 4.90. The second kappa shape index (κ2) is 4.83. The number of hydrogen-bond donors (Lipinski definition) is 1. The molecule has 106 valence electrons. The highest BCUT2D eigenvalue weighted by molar-refractivity contribution is 7.11. The van der Waals surface area contributed by atoms with E-state index in [1.54, 1.807) is 11.3 Å². The lowest BCUT2D eigenvalue weighted by Crippen LogP contribution is -2.28. The molecule has 1 saturated carbocycles. The van der Waals surface area contributed by atoms with Crippen molar-refractivity contribution in [1.29, 1.82) is 0 Å². The maximum atomic E-state index is 6.33. The second-order valence-corrected chi connectivity index (χ2v) is 7.79. The number of aromatic nitrogens is 1. The van der Waals surface area contributed by atoms with Crippen LogP contribution in [0, 0.1) is 11.3 Å². The van der Waals surface area contributed by atoms with E-state index in [2.05, 4.69) is 20.8 Å². The molecule has 1 fully saturated rings. The van der Waals surface area contributed by atoms with Gasteiger partial charge in [0.2, 0.25) is 0 Å². The van der Waals surface area contributed by atoms with Crippen LogP contribution in [0.3, 0.4) is 0 Å². The molecule has 0 aliphatic heterocycles. The Morgan fingerprint density at radius 1 is 1.47 bits per heavy atom. The molecule has 1 aromatic heterocycles. The highest BCUT2D eigenvalue weighted by atomic mass is 32.1. The van der Waals surface area contributed by atoms with E-state index in [4.69, 9.17) is 15.5 Å². The summed E-state index contributed by atoms with van der Waals surface area (Å²) >= 11 is 1.80. The van der Waals surface area contributed by atoms with Gasteiger partial charge in [-0.3, -0.25) is 0 Å². The largest absolute Gasteiger partial charge is 0.371 e. The van der Waals surface area contributed by atoms with E-state index in [1.807, 2.05) is 0 Å². The number of ether oxygens (including phenoxy) is 1. The van der Waals surface area contributed by atoms with Gasteiger partial charge in [-0.05, 0) is 43.9 Å². The molecule has 2 unspecified atom stereocenters. The molecule has 0 radical (unpaired) electrons. The first kappa shape index (κ1) is 13.5. The number of hydrogen-bond acceptors (Lipinski definition) is 4. The summed E-state index contributed by atoms with van der Waals surface area (Å²) in [5.41, 5.74) is 7.84. The fourth-order valence-corrected chi connectivity index (χ4v) is 4.35. The fourth-order valence-electron chi connectivity index (χ4n) is 3.12. The van der Waals surface area contributed by atoms with Crippen molar-refractivity contribution in [3.8, 4) is 0 Å². The van der Waals surface area contributed by atoms with Gasteiger partial charge in [-0.15, -0.1) is 11.3 Å². The van der Waals surface area contributed by atoms with Crippen molar-refractivity contribution >= 4 is 11.3 Å². The van der Waals surface area contributed by atoms with Gasteiger partial charge in [0.05, 0.1) is 5.69 Å². The molecular formula is C15H24N2OS. The average molecular weight is 280 g/mol. The maximum absolute atomic E-state index is 6.33. The smallest absolute Gasteiger partial charge is 0.122 e. The van der Waals surface area contributed by atoms with Gasteiger partial charge in [0.25, 0.3) is 0 Å². The van der Waals surface area contributed by atoms with Gasteiger partial charge in [-0.25, -0.2) is 4.98 Å². The third-order valence-corrected chi connectivity index (χ3v) is 5.43. The van der Waals surface area contributed by atoms with Crippen molar-refractivity contribution in [3.05, 3.63) is 15.6 Å². The summed E-state index contributed by atoms with van der Waals surface area (Å²) < 4.78 is 5.92. The van der Waals surface area contributed by atoms with Crippen LogP contribution in [0.5, 0.6) is 0 Å². The zero-order valence-corrected chi connectivity index (χ0v) is 12.9. The van der Waals surface area contributed by atoms with Crippen LogP contribution in [-0.4, -0.2) is 11.6 Å². The highest BCUT2D eigenvalue weighted by Crippen LogP contribution is 2.48. The molecule has 2 atom stereocenters. The van der Waals surface area contributed by atoms with E-state index < -0.39 is 0 Å². The van der Waals surface area contributed by atoms with Crippen LogP contribution < -0.4 is 5.73 Å². The molecule has 0 saturated heterocycles. The predicted octanol–water partition coefficient (Wildman–Crippen LogP) is 3.60. The van der Waals surface area contributed by atoms with Crippen molar-refractivity contribution in [2.24, 2.45) is 17.1 Å². The lowest BCUT2D eigenvalue weighted by Gasteiger charge is -2.32. The lowest BCUT2D eigenvalue weighted by molar-refractivity contribution is 0.0460. The quantitative estimate of drug-likeness (QED) is 0.916. The van der Waals surface area contributed by atoms with Crippen LogP contribution in [0.1, 0.15) is 67.8 Å². The predicted molar refractivity (Wildman–Crippen MR) is 78.2 cm³/mol. The summed E-state index contributed by atoms with van der Waals surface area (Å²) in [5.74, 6) is 0.691. The normalized spacial score (nSPS) is 27.1. The summed E-state index contributed by atoms with van der Waals surface area (Å²) in [6.45, 7) is 7.41. The van der Waals surface area contributed by atoms with Crippen molar-refractivity contribution in [1.82, 2.24) is 4.98 Å². The van der Waals surface area contributed by atoms with Crippen LogP contribution in [0.15, 0.2) is 0 Å². The molecule has 0 amide bonds. The van der Waals surface area contributed by atoms with Crippen LogP contribution >= 0.6 is 11.3 Å². The van der Waals surface area contributed by atoms with Crippen LogP contribution in [-0.2, 0) is 11.2 Å². The van der Waals surface area contributed by atoms with Gasteiger partial charge in [-0.1, -0.05) is 13.8 Å². The Labute approximate surface area is 119 Å². The first-order valence-corrected chi connectivity index (χ1v) is 8.18. The standard InChI is InChI=1S/C15H24N2OS/c1-4-18-12(9-5-6-9)14-17-11-8-15(2,3)7-10(16)13(11)19-14/h9-10,12H,4-8,16H2,1-3H3. The average Bonchev–Trinajstić information content (AvgIpc) is 3.05. The molecule has 0 bridgehead atoms. The van der Waals surface area contributed by atoms with E-state index in [0.717, 1.165) is 19.4 Å². The SMILES string of the molecule is CCOC(c1nc2c(s1)C(N)CC(C)(C)C2)C1CC1. The summed E-state index contributed by atoms with van der Waals surface area (Å²) in [7, 11) is 0.